The first-order valence-corrected chi connectivity index (χ1v) is 7.14. The third kappa shape index (κ3) is 4.17. The lowest BCUT2D eigenvalue weighted by atomic mass is 10.1. The van der Waals surface area contributed by atoms with E-state index in [9.17, 15) is 10.1 Å². The zero-order valence-corrected chi connectivity index (χ0v) is 12.9. The predicted molar refractivity (Wildman–Crippen MR) is 84.8 cm³/mol. The minimum Gasteiger partial charge on any atom is -0.306 e. The van der Waals surface area contributed by atoms with Crippen molar-refractivity contribution in [1.29, 1.82) is 0 Å². The van der Waals surface area contributed by atoms with Crippen LogP contribution >= 0.6 is 23.2 Å². The molecule has 0 saturated carbocycles. The Balaban J connectivity index is 2.06. The molecule has 0 saturated heterocycles. The van der Waals surface area contributed by atoms with Crippen LogP contribution in [0.1, 0.15) is 24.1 Å². The molecule has 0 amide bonds. The molecule has 110 valence electrons. The first-order chi connectivity index (χ1) is 9.97. The maximum absolute atomic E-state index is 10.9. The summed E-state index contributed by atoms with van der Waals surface area (Å²) in [7, 11) is 0. The molecule has 4 nitrogen and oxygen atoms in total. The number of halogens is 2. The fourth-order valence-corrected chi connectivity index (χ4v) is 2.36. The van der Waals surface area contributed by atoms with Gasteiger partial charge in [0.1, 0.15) is 5.02 Å². The molecule has 0 heterocycles. The summed E-state index contributed by atoms with van der Waals surface area (Å²) in [6.07, 6.45) is 0. The Hall–Kier alpha value is -1.62. The van der Waals surface area contributed by atoms with Crippen LogP contribution in [-0.4, -0.2) is 4.92 Å². The number of nitrogens with one attached hydrogen (secondary N) is 1. The normalized spacial score (nSPS) is 12.1. The quantitative estimate of drug-likeness (QED) is 0.637. The second-order valence-electron chi connectivity index (χ2n) is 4.70. The summed E-state index contributed by atoms with van der Waals surface area (Å²) in [4.78, 5) is 10.4. The number of hydrogen-bond acceptors (Lipinski definition) is 3. The number of nitrogens with zero attached hydrogens (tertiary/aromatic N) is 1. The van der Waals surface area contributed by atoms with Gasteiger partial charge in [0.2, 0.25) is 0 Å². The van der Waals surface area contributed by atoms with Gasteiger partial charge in [-0.25, -0.2) is 0 Å². The first-order valence-electron chi connectivity index (χ1n) is 6.39. The molecule has 0 aliphatic heterocycles. The Labute approximate surface area is 132 Å². The summed E-state index contributed by atoms with van der Waals surface area (Å²) in [5.74, 6) is 0. The van der Waals surface area contributed by atoms with Crippen LogP contribution < -0.4 is 5.32 Å². The van der Waals surface area contributed by atoms with Gasteiger partial charge in [-0.2, -0.15) is 0 Å². The molecule has 0 aliphatic rings. The standard InChI is InChI=1S/C15H14Cl2N2O2/c1-10(12-3-2-4-13(16)8-12)18-9-11-5-6-14(17)15(7-11)19(20)21/h2-8,10,18H,9H2,1H3/t10-/m0/s1. The highest BCUT2D eigenvalue weighted by Gasteiger charge is 2.13. The van der Waals surface area contributed by atoms with Crippen LogP contribution in [0, 0.1) is 10.1 Å². The summed E-state index contributed by atoms with van der Waals surface area (Å²) in [6, 6.07) is 12.5. The van der Waals surface area contributed by atoms with E-state index in [1.165, 1.54) is 6.07 Å². The van der Waals surface area contributed by atoms with Gasteiger partial charge in [0.05, 0.1) is 4.92 Å². The Morgan fingerprint density at radius 3 is 2.67 bits per heavy atom. The van der Waals surface area contributed by atoms with Crippen molar-refractivity contribution < 1.29 is 4.92 Å². The van der Waals surface area contributed by atoms with Gasteiger partial charge in [-0.15, -0.1) is 0 Å². The van der Waals surface area contributed by atoms with Crippen LogP contribution in [0.2, 0.25) is 10.0 Å². The zero-order chi connectivity index (χ0) is 15.4. The van der Waals surface area contributed by atoms with Crippen molar-refractivity contribution in [3.05, 3.63) is 73.8 Å². The molecular formula is C15H14Cl2N2O2. The second-order valence-corrected chi connectivity index (χ2v) is 5.54. The predicted octanol–water partition coefficient (Wildman–Crippen LogP) is 4.75. The Kier molecular flexibility index (Phi) is 5.17. The highest BCUT2D eigenvalue weighted by Crippen LogP contribution is 2.25. The van der Waals surface area contributed by atoms with Crippen LogP contribution in [0.15, 0.2) is 42.5 Å². The molecule has 0 aromatic heterocycles. The number of nitro benzene ring substituents is 1. The molecule has 0 radical (unpaired) electrons. The van der Waals surface area contributed by atoms with Gasteiger partial charge in [-0.1, -0.05) is 41.4 Å². The Bertz CT molecular complexity index is 662. The fraction of sp³-hybridized carbons (Fsp3) is 0.200. The summed E-state index contributed by atoms with van der Waals surface area (Å²) in [5.41, 5.74) is 1.79. The van der Waals surface area contributed by atoms with Gasteiger partial charge in [0, 0.05) is 23.7 Å². The molecule has 1 N–H and O–H groups in total. The average molecular weight is 325 g/mol. The molecule has 0 spiro atoms. The second kappa shape index (κ2) is 6.89. The lowest BCUT2D eigenvalue weighted by Crippen LogP contribution is -2.18. The molecule has 1 atom stereocenters. The molecule has 2 aromatic rings. The molecule has 2 rings (SSSR count). The molecular weight excluding hydrogens is 311 g/mol. The van der Waals surface area contributed by atoms with Crippen LogP contribution in [0.3, 0.4) is 0 Å². The molecule has 21 heavy (non-hydrogen) atoms. The molecule has 0 bridgehead atoms. The highest BCUT2D eigenvalue weighted by molar-refractivity contribution is 6.32. The lowest BCUT2D eigenvalue weighted by molar-refractivity contribution is -0.384. The summed E-state index contributed by atoms with van der Waals surface area (Å²) in [5, 5.41) is 15.0. The van der Waals surface area contributed by atoms with Gasteiger partial charge in [-0.05, 0) is 36.2 Å². The lowest BCUT2D eigenvalue weighted by Gasteiger charge is -2.14. The van der Waals surface area contributed by atoms with Crippen molar-refractivity contribution in [1.82, 2.24) is 5.32 Å². The van der Waals surface area contributed by atoms with Crippen molar-refractivity contribution in [2.45, 2.75) is 19.5 Å². The monoisotopic (exact) mass is 324 g/mol. The van der Waals surface area contributed by atoms with Crippen LogP contribution in [-0.2, 0) is 6.54 Å². The van der Waals surface area contributed by atoms with Crippen LogP contribution in [0.4, 0.5) is 5.69 Å². The van der Waals surface area contributed by atoms with E-state index in [2.05, 4.69) is 5.32 Å². The van der Waals surface area contributed by atoms with E-state index in [0.29, 0.717) is 11.6 Å². The number of hydrogen-bond donors (Lipinski definition) is 1. The third-order valence-electron chi connectivity index (χ3n) is 3.17. The van der Waals surface area contributed by atoms with Gasteiger partial charge in [-0.3, -0.25) is 10.1 Å². The molecule has 0 fully saturated rings. The van der Waals surface area contributed by atoms with Gasteiger partial charge >= 0.3 is 0 Å². The summed E-state index contributed by atoms with van der Waals surface area (Å²) >= 11 is 11.8. The van der Waals surface area contributed by atoms with Gasteiger partial charge < -0.3 is 5.32 Å². The molecule has 2 aromatic carbocycles. The van der Waals surface area contributed by atoms with Crippen molar-refractivity contribution in [3.63, 3.8) is 0 Å². The number of nitro groups is 1. The van der Waals surface area contributed by atoms with E-state index in [0.717, 1.165) is 11.1 Å². The van der Waals surface area contributed by atoms with Crippen LogP contribution in [0.25, 0.3) is 0 Å². The summed E-state index contributed by atoms with van der Waals surface area (Å²) in [6.45, 7) is 2.52. The third-order valence-corrected chi connectivity index (χ3v) is 3.72. The Morgan fingerprint density at radius 1 is 1.24 bits per heavy atom. The van der Waals surface area contributed by atoms with Crippen LogP contribution in [0.5, 0.6) is 0 Å². The minimum absolute atomic E-state index is 0.0774. The number of rotatable bonds is 5. The largest absolute Gasteiger partial charge is 0.306 e. The maximum atomic E-state index is 10.9. The van der Waals surface area contributed by atoms with E-state index in [1.54, 1.807) is 12.1 Å². The van der Waals surface area contributed by atoms with Crippen molar-refractivity contribution in [3.8, 4) is 0 Å². The highest BCUT2D eigenvalue weighted by atomic mass is 35.5. The summed E-state index contributed by atoms with van der Waals surface area (Å²) < 4.78 is 0. The SMILES string of the molecule is C[C@H](NCc1ccc(Cl)c([N+](=O)[O-])c1)c1cccc(Cl)c1. The zero-order valence-electron chi connectivity index (χ0n) is 11.3. The van der Waals surface area contributed by atoms with E-state index in [4.69, 9.17) is 23.2 Å². The Morgan fingerprint density at radius 2 is 2.00 bits per heavy atom. The van der Waals surface area contributed by atoms with Gasteiger partial charge in [0.25, 0.3) is 5.69 Å². The van der Waals surface area contributed by atoms with Crippen molar-refractivity contribution in [2.24, 2.45) is 0 Å². The smallest absolute Gasteiger partial charge is 0.288 e. The minimum atomic E-state index is -0.480. The van der Waals surface area contributed by atoms with Crippen molar-refractivity contribution in [2.75, 3.05) is 0 Å². The average Bonchev–Trinajstić information content (AvgIpc) is 2.45. The van der Waals surface area contributed by atoms with Gasteiger partial charge in [0.15, 0.2) is 0 Å². The first kappa shape index (κ1) is 15.8. The van der Waals surface area contributed by atoms with E-state index >= 15 is 0 Å². The molecule has 0 aliphatic carbocycles. The molecule has 0 unspecified atom stereocenters. The molecule has 6 heteroatoms. The van der Waals surface area contributed by atoms with E-state index < -0.39 is 4.92 Å². The maximum Gasteiger partial charge on any atom is 0.288 e. The fourth-order valence-electron chi connectivity index (χ4n) is 1.97. The topological polar surface area (TPSA) is 55.2 Å². The van der Waals surface area contributed by atoms with E-state index in [1.807, 2.05) is 31.2 Å². The number of benzene rings is 2. The van der Waals surface area contributed by atoms with E-state index in [-0.39, 0.29) is 16.8 Å². The van der Waals surface area contributed by atoms with Crippen molar-refractivity contribution >= 4 is 28.9 Å².